The van der Waals surface area contributed by atoms with Gasteiger partial charge in [-0.05, 0) is 54.2 Å². The summed E-state index contributed by atoms with van der Waals surface area (Å²) in [7, 11) is 0. The zero-order chi connectivity index (χ0) is 24.8. The molecule has 2 amide bonds. The number of carboxylic acids is 1. The molecule has 0 fully saturated rings. The molecule has 0 radical (unpaired) electrons. The Balaban J connectivity index is 1.38. The lowest BCUT2D eigenvalue weighted by molar-refractivity contribution is -0.137. The number of hydrogen-bond acceptors (Lipinski definition) is 5. The molecule has 0 saturated carbocycles. The van der Waals surface area contributed by atoms with Crippen molar-refractivity contribution in [1.82, 2.24) is 10.3 Å². The van der Waals surface area contributed by atoms with Gasteiger partial charge in [0.25, 0.3) is 5.91 Å². The summed E-state index contributed by atoms with van der Waals surface area (Å²) in [4.78, 5) is 40.2. The van der Waals surface area contributed by atoms with E-state index in [1.54, 1.807) is 19.1 Å². The summed E-state index contributed by atoms with van der Waals surface area (Å²) in [6.45, 7) is 1.95. The molecule has 4 rings (SSSR count). The van der Waals surface area contributed by atoms with Gasteiger partial charge in [0.1, 0.15) is 6.61 Å². The number of anilines is 1. The van der Waals surface area contributed by atoms with Crippen molar-refractivity contribution in [2.75, 3.05) is 11.9 Å². The smallest absolute Gasteiger partial charge is 0.411 e. The fraction of sp³-hybridized carbons (Fsp3) is 0.259. The molecule has 180 valence electrons. The normalized spacial score (nSPS) is 12.8. The lowest BCUT2D eigenvalue weighted by Gasteiger charge is -2.16. The van der Waals surface area contributed by atoms with Gasteiger partial charge >= 0.3 is 12.1 Å². The molecule has 0 spiro atoms. The van der Waals surface area contributed by atoms with Crippen molar-refractivity contribution in [1.29, 1.82) is 0 Å². The van der Waals surface area contributed by atoms with E-state index in [-0.39, 0.29) is 36.4 Å². The maximum Gasteiger partial charge on any atom is 0.411 e. The maximum atomic E-state index is 12.7. The largest absolute Gasteiger partial charge is 0.481 e. The highest BCUT2D eigenvalue weighted by Gasteiger charge is 2.29. The van der Waals surface area contributed by atoms with Crippen molar-refractivity contribution in [3.8, 4) is 11.1 Å². The number of carbonyl (C=O) groups excluding carboxylic acids is 2. The molecule has 3 aromatic rings. The molecule has 1 heterocycles. The van der Waals surface area contributed by atoms with Gasteiger partial charge in [0, 0.05) is 24.6 Å². The molecule has 8 heteroatoms. The van der Waals surface area contributed by atoms with Crippen LogP contribution in [0.4, 0.5) is 10.5 Å². The second-order valence-electron chi connectivity index (χ2n) is 8.51. The lowest BCUT2D eigenvalue weighted by Crippen LogP contribution is -2.34. The highest BCUT2D eigenvalue weighted by atomic mass is 16.5. The predicted octanol–water partition coefficient (Wildman–Crippen LogP) is 4.82. The number of aromatic nitrogens is 1. The summed E-state index contributed by atoms with van der Waals surface area (Å²) < 4.78 is 5.57. The standard InChI is InChI=1S/C27H27N3O5/c1-17(8-6-14-24(31)32)29-26(33)25-23(13-7-15-28-25)30-27(34)35-16-22-20-11-4-2-9-18(20)19-10-3-5-12-21(19)22/h2-5,7,9-13,15,17,22H,6,8,14,16H2,1H3,(H,29,33)(H,30,34)(H,31,32). The van der Waals surface area contributed by atoms with Gasteiger partial charge in [-0.2, -0.15) is 0 Å². The summed E-state index contributed by atoms with van der Waals surface area (Å²) in [5.41, 5.74) is 4.80. The van der Waals surface area contributed by atoms with Crippen LogP contribution >= 0.6 is 0 Å². The fourth-order valence-corrected chi connectivity index (χ4v) is 4.36. The number of fused-ring (bicyclic) bond motifs is 3. The van der Waals surface area contributed by atoms with E-state index in [0.29, 0.717) is 12.8 Å². The van der Waals surface area contributed by atoms with Gasteiger partial charge in [0.05, 0.1) is 5.69 Å². The third kappa shape index (κ3) is 5.66. The van der Waals surface area contributed by atoms with Gasteiger partial charge in [-0.3, -0.25) is 14.9 Å². The van der Waals surface area contributed by atoms with Crippen LogP contribution in [0.25, 0.3) is 11.1 Å². The Bertz CT molecular complexity index is 1200. The Morgan fingerprint density at radius 2 is 1.66 bits per heavy atom. The van der Waals surface area contributed by atoms with Crippen molar-refractivity contribution < 1.29 is 24.2 Å². The van der Waals surface area contributed by atoms with Crippen LogP contribution in [0.15, 0.2) is 66.9 Å². The summed E-state index contributed by atoms with van der Waals surface area (Å²) in [6, 6.07) is 19.1. The van der Waals surface area contributed by atoms with Gasteiger partial charge in [0.2, 0.25) is 0 Å². The van der Waals surface area contributed by atoms with E-state index in [9.17, 15) is 14.4 Å². The summed E-state index contributed by atoms with van der Waals surface area (Å²) in [6.07, 6.45) is 1.79. The molecule has 2 aromatic carbocycles. The zero-order valence-corrected chi connectivity index (χ0v) is 19.4. The number of nitrogens with zero attached hydrogens (tertiary/aromatic N) is 1. The number of amides is 2. The topological polar surface area (TPSA) is 118 Å². The summed E-state index contributed by atoms with van der Waals surface area (Å²) >= 11 is 0. The Labute approximate surface area is 203 Å². The minimum Gasteiger partial charge on any atom is -0.481 e. The number of aliphatic carboxylic acids is 1. The molecule has 1 aliphatic rings. The van der Waals surface area contributed by atoms with Crippen LogP contribution in [0.1, 0.15) is 53.7 Å². The predicted molar refractivity (Wildman–Crippen MR) is 131 cm³/mol. The molecule has 0 saturated heterocycles. The first-order valence-electron chi connectivity index (χ1n) is 11.5. The molecular formula is C27H27N3O5. The van der Waals surface area contributed by atoms with E-state index in [4.69, 9.17) is 9.84 Å². The van der Waals surface area contributed by atoms with Crippen LogP contribution < -0.4 is 10.6 Å². The Kier molecular flexibility index (Phi) is 7.40. The average Bonchev–Trinajstić information content (AvgIpc) is 3.16. The molecule has 1 aliphatic carbocycles. The minimum absolute atomic E-state index is 0.0401. The fourth-order valence-electron chi connectivity index (χ4n) is 4.36. The second-order valence-corrected chi connectivity index (χ2v) is 8.51. The quantitative estimate of drug-likeness (QED) is 0.410. The molecule has 8 nitrogen and oxygen atoms in total. The number of benzene rings is 2. The van der Waals surface area contributed by atoms with E-state index in [1.807, 2.05) is 36.4 Å². The van der Waals surface area contributed by atoms with Crippen LogP contribution in [0.5, 0.6) is 0 Å². The average molecular weight is 474 g/mol. The van der Waals surface area contributed by atoms with E-state index in [0.717, 1.165) is 22.3 Å². The molecule has 35 heavy (non-hydrogen) atoms. The third-order valence-corrected chi connectivity index (χ3v) is 6.01. The van der Waals surface area contributed by atoms with Crippen LogP contribution in [0, 0.1) is 0 Å². The van der Waals surface area contributed by atoms with Crippen LogP contribution in [-0.2, 0) is 9.53 Å². The first-order valence-corrected chi connectivity index (χ1v) is 11.5. The van der Waals surface area contributed by atoms with E-state index in [2.05, 4.69) is 27.8 Å². The van der Waals surface area contributed by atoms with Crippen molar-refractivity contribution in [2.45, 2.75) is 38.1 Å². The number of hydrogen-bond donors (Lipinski definition) is 3. The SMILES string of the molecule is CC(CCCC(=O)O)NC(=O)c1ncccc1NC(=O)OCC1c2ccccc2-c2ccccc21. The van der Waals surface area contributed by atoms with Gasteiger partial charge in [-0.15, -0.1) is 0 Å². The maximum absolute atomic E-state index is 12.7. The zero-order valence-electron chi connectivity index (χ0n) is 19.4. The molecular weight excluding hydrogens is 446 g/mol. The van der Waals surface area contributed by atoms with E-state index >= 15 is 0 Å². The third-order valence-electron chi connectivity index (χ3n) is 6.01. The van der Waals surface area contributed by atoms with E-state index in [1.165, 1.54) is 6.20 Å². The molecule has 1 atom stereocenters. The van der Waals surface area contributed by atoms with Gasteiger partial charge < -0.3 is 15.2 Å². The minimum atomic E-state index is -0.872. The molecule has 1 unspecified atom stereocenters. The number of rotatable bonds is 9. The lowest BCUT2D eigenvalue weighted by atomic mass is 9.98. The van der Waals surface area contributed by atoms with Crippen molar-refractivity contribution in [3.05, 3.63) is 83.7 Å². The second kappa shape index (κ2) is 10.8. The summed E-state index contributed by atoms with van der Waals surface area (Å²) in [5.74, 6) is -1.40. The van der Waals surface area contributed by atoms with Crippen LogP contribution in [0.3, 0.4) is 0 Å². The molecule has 0 bridgehead atoms. The number of pyridine rings is 1. The van der Waals surface area contributed by atoms with Crippen LogP contribution in [0.2, 0.25) is 0 Å². The molecule has 3 N–H and O–H groups in total. The van der Waals surface area contributed by atoms with E-state index < -0.39 is 18.0 Å². The summed E-state index contributed by atoms with van der Waals surface area (Å²) in [5, 5.41) is 14.2. The molecule has 0 aliphatic heterocycles. The van der Waals surface area contributed by atoms with Gasteiger partial charge in [-0.1, -0.05) is 48.5 Å². The van der Waals surface area contributed by atoms with Gasteiger partial charge in [0.15, 0.2) is 5.69 Å². The Hall–Kier alpha value is -4.20. The van der Waals surface area contributed by atoms with Crippen molar-refractivity contribution in [3.63, 3.8) is 0 Å². The van der Waals surface area contributed by atoms with Crippen molar-refractivity contribution in [2.24, 2.45) is 0 Å². The monoisotopic (exact) mass is 473 g/mol. The number of ether oxygens (including phenoxy) is 1. The number of nitrogens with one attached hydrogen (secondary N) is 2. The molecule has 1 aromatic heterocycles. The highest BCUT2D eigenvalue weighted by Crippen LogP contribution is 2.44. The number of carboxylic acid groups (broad SMARTS) is 1. The Morgan fingerprint density at radius 1 is 1.00 bits per heavy atom. The van der Waals surface area contributed by atoms with Crippen LogP contribution in [-0.4, -0.2) is 40.7 Å². The first kappa shape index (κ1) is 23.9. The van der Waals surface area contributed by atoms with Crippen molar-refractivity contribution >= 4 is 23.7 Å². The number of carbonyl (C=O) groups is 3. The highest BCUT2D eigenvalue weighted by molar-refractivity contribution is 6.01. The van der Waals surface area contributed by atoms with Gasteiger partial charge in [-0.25, -0.2) is 9.78 Å². The first-order chi connectivity index (χ1) is 16.9. The Morgan fingerprint density at radius 3 is 2.31 bits per heavy atom.